The molecule has 0 atom stereocenters. The van der Waals surface area contributed by atoms with Crippen LogP contribution >= 0.6 is 0 Å². The standard InChI is InChI=1S/C16H14O/c17-13-16-11-5-4-10-15(16)12-6-9-14-7-2-1-3-8-14/h1-5,7-8,10-11,17H,12-13H2. The zero-order valence-electron chi connectivity index (χ0n) is 9.56. The third-order valence-corrected chi connectivity index (χ3v) is 2.57. The molecule has 0 saturated carbocycles. The number of benzene rings is 2. The molecule has 0 bridgehead atoms. The Balaban J connectivity index is 2.10. The molecule has 0 heterocycles. The Labute approximate surface area is 102 Å². The summed E-state index contributed by atoms with van der Waals surface area (Å²) >= 11 is 0. The van der Waals surface area contributed by atoms with Gasteiger partial charge >= 0.3 is 0 Å². The van der Waals surface area contributed by atoms with Crippen LogP contribution in [0.4, 0.5) is 0 Å². The molecule has 0 aliphatic carbocycles. The van der Waals surface area contributed by atoms with E-state index in [9.17, 15) is 5.11 Å². The monoisotopic (exact) mass is 222 g/mol. The lowest BCUT2D eigenvalue weighted by atomic mass is 10.1. The van der Waals surface area contributed by atoms with Gasteiger partial charge in [-0.3, -0.25) is 0 Å². The smallest absolute Gasteiger partial charge is 0.0684 e. The van der Waals surface area contributed by atoms with Crippen molar-refractivity contribution in [1.82, 2.24) is 0 Å². The summed E-state index contributed by atoms with van der Waals surface area (Å²) in [6, 6.07) is 17.8. The fourth-order valence-corrected chi connectivity index (χ4v) is 1.65. The Morgan fingerprint density at radius 3 is 2.18 bits per heavy atom. The van der Waals surface area contributed by atoms with E-state index in [2.05, 4.69) is 11.8 Å². The molecule has 0 saturated heterocycles. The van der Waals surface area contributed by atoms with E-state index in [0.29, 0.717) is 6.42 Å². The van der Waals surface area contributed by atoms with Crippen molar-refractivity contribution in [3.05, 3.63) is 71.3 Å². The second-order valence-corrected chi connectivity index (χ2v) is 3.77. The van der Waals surface area contributed by atoms with Gasteiger partial charge in [0.05, 0.1) is 6.61 Å². The second-order valence-electron chi connectivity index (χ2n) is 3.77. The highest BCUT2D eigenvalue weighted by molar-refractivity contribution is 5.36. The first-order valence-corrected chi connectivity index (χ1v) is 5.61. The van der Waals surface area contributed by atoms with Gasteiger partial charge in [-0.1, -0.05) is 54.3 Å². The summed E-state index contributed by atoms with van der Waals surface area (Å²) in [5.41, 5.74) is 3.07. The summed E-state index contributed by atoms with van der Waals surface area (Å²) in [7, 11) is 0. The van der Waals surface area contributed by atoms with Crippen molar-refractivity contribution in [2.24, 2.45) is 0 Å². The molecule has 0 aromatic heterocycles. The zero-order valence-corrected chi connectivity index (χ0v) is 9.56. The van der Waals surface area contributed by atoms with Crippen molar-refractivity contribution in [1.29, 1.82) is 0 Å². The molecule has 0 aliphatic heterocycles. The summed E-state index contributed by atoms with van der Waals surface area (Å²) < 4.78 is 0. The number of rotatable bonds is 2. The largest absolute Gasteiger partial charge is 0.392 e. The summed E-state index contributed by atoms with van der Waals surface area (Å²) in [6.45, 7) is 0.0726. The van der Waals surface area contributed by atoms with Crippen molar-refractivity contribution >= 4 is 0 Å². The van der Waals surface area contributed by atoms with Gasteiger partial charge in [0.2, 0.25) is 0 Å². The van der Waals surface area contributed by atoms with E-state index >= 15 is 0 Å². The zero-order chi connectivity index (χ0) is 11.9. The minimum absolute atomic E-state index is 0.0726. The van der Waals surface area contributed by atoms with Crippen molar-refractivity contribution in [2.75, 3.05) is 0 Å². The van der Waals surface area contributed by atoms with Gasteiger partial charge in [0.1, 0.15) is 0 Å². The predicted octanol–water partition coefficient (Wildman–Crippen LogP) is 2.77. The summed E-state index contributed by atoms with van der Waals surface area (Å²) in [5.74, 6) is 6.24. The van der Waals surface area contributed by atoms with Crippen LogP contribution in [0.25, 0.3) is 0 Å². The fourth-order valence-electron chi connectivity index (χ4n) is 1.65. The minimum atomic E-state index is 0.0726. The Kier molecular flexibility index (Phi) is 3.96. The molecular weight excluding hydrogens is 208 g/mol. The van der Waals surface area contributed by atoms with Crippen molar-refractivity contribution in [3.8, 4) is 11.8 Å². The molecule has 1 heteroatoms. The SMILES string of the molecule is OCc1ccccc1CC#Cc1ccccc1. The molecule has 2 aromatic carbocycles. The summed E-state index contributed by atoms with van der Waals surface area (Å²) in [6.07, 6.45) is 0.672. The first-order chi connectivity index (χ1) is 8.40. The molecule has 0 spiro atoms. The number of hydrogen-bond acceptors (Lipinski definition) is 1. The quantitative estimate of drug-likeness (QED) is 0.775. The Morgan fingerprint density at radius 2 is 1.47 bits per heavy atom. The third-order valence-electron chi connectivity index (χ3n) is 2.57. The molecule has 1 N–H and O–H groups in total. The summed E-state index contributed by atoms with van der Waals surface area (Å²) in [4.78, 5) is 0. The molecule has 2 aromatic rings. The highest BCUT2D eigenvalue weighted by Gasteiger charge is 1.97. The van der Waals surface area contributed by atoms with Crippen LogP contribution in [0.3, 0.4) is 0 Å². The van der Waals surface area contributed by atoms with Crippen LogP contribution < -0.4 is 0 Å². The van der Waals surface area contributed by atoms with Crippen molar-refractivity contribution in [3.63, 3.8) is 0 Å². The van der Waals surface area contributed by atoms with Gasteiger partial charge in [-0.05, 0) is 23.3 Å². The Hall–Kier alpha value is -2.04. The lowest BCUT2D eigenvalue weighted by Crippen LogP contribution is -1.91. The lowest BCUT2D eigenvalue weighted by Gasteiger charge is -2.02. The van der Waals surface area contributed by atoms with E-state index in [4.69, 9.17) is 0 Å². The van der Waals surface area contributed by atoms with E-state index in [1.807, 2.05) is 54.6 Å². The van der Waals surface area contributed by atoms with Gasteiger partial charge < -0.3 is 5.11 Å². The molecule has 0 unspecified atom stereocenters. The molecule has 0 aliphatic rings. The van der Waals surface area contributed by atoms with Crippen LogP contribution in [-0.4, -0.2) is 5.11 Å². The van der Waals surface area contributed by atoms with E-state index in [-0.39, 0.29) is 6.61 Å². The van der Waals surface area contributed by atoms with E-state index in [1.165, 1.54) is 0 Å². The highest BCUT2D eigenvalue weighted by Crippen LogP contribution is 2.08. The van der Waals surface area contributed by atoms with Gasteiger partial charge in [-0.2, -0.15) is 0 Å². The molecule has 0 radical (unpaired) electrons. The van der Waals surface area contributed by atoms with Crippen LogP contribution in [0.5, 0.6) is 0 Å². The van der Waals surface area contributed by atoms with Gasteiger partial charge in [-0.25, -0.2) is 0 Å². The van der Waals surface area contributed by atoms with Crippen LogP contribution in [0, 0.1) is 11.8 Å². The predicted molar refractivity (Wildman–Crippen MR) is 69.4 cm³/mol. The van der Waals surface area contributed by atoms with E-state index < -0.39 is 0 Å². The van der Waals surface area contributed by atoms with E-state index in [0.717, 1.165) is 16.7 Å². The van der Waals surface area contributed by atoms with Gasteiger partial charge in [0.15, 0.2) is 0 Å². The molecule has 84 valence electrons. The average molecular weight is 222 g/mol. The van der Waals surface area contributed by atoms with E-state index in [1.54, 1.807) is 0 Å². The second kappa shape index (κ2) is 5.89. The molecule has 0 amide bonds. The lowest BCUT2D eigenvalue weighted by molar-refractivity contribution is 0.281. The Bertz CT molecular complexity index is 532. The van der Waals surface area contributed by atoms with Crippen molar-refractivity contribution in [2.45, 2.75) is 13.0 Å². The first-order valence-electron chi connectivity index (χ1n) is 5.61. The normalized spacial score (nSPS) is 9.47. The molecular formula is C16H14O. The number of aliphatic hydroxyl groups is 1. The molecule has 17 heavy (non-hydrogen) atoms. The molecule has 1 nitrogen and oxygen atoms in total. The highest BCUT2D eigenvalue weighted by atomic mass is 16.3. The maximum atomic E-state index is 9.19. The van der Waals surface area contributed by atoms with Crippen LogP contribution in [0.1, 0.15) is 16.7 Å². The molecule has 0 fully saturated rings. The van der Waals surface area contributed by atoms with Crippen LogP contribution in [0.2, 0.25) is 0 Å². The van der Waals surface area contributed by atoms with Crippen LogP contribution in [0.15, 0.2) is 54.6 Å². The fraction of sp³-hybridized carbons (Fsp3) is 0.125. The number of aliphatic hydroxyl groups excluding tert-OH is 1. The minimum Gasteiger partial charge on any atom is -0.392 e. The summed E-state index contributed by atoms with van der Waals surface area (Å²) in [5, 5.41) is 9.19. The van der Waals surface area contributed by atoms with Crippen LogP contribution in [-0.2, 0) is 13.0 Å². The maximum absolute atomic E-state index is 9.19. The van der Waals surface area contributed by atoms with Gasteiger partial charge in [0.25, 0.3) is 0 Å². The topological polar surface area (TPSA) is 20.2 Å². The third kappa shape index (κ3) is 3.21. The van der Waals surface area contributed by atoms with Gasteiger partial charge in [0, 0.05) is 12.0 Å². The molecule has 2 rings (SSSR count). The van der Waals surface area contributed by atoms with Gasteiger partial charge in [-0.15, -0.1) is 0 Å². The first kappa shape index (κ1) is 11.4. The number of hydrogen-bond donors (Lipinski definition) is 1. The maximum Gasteiger partial charge on any atom is 0.0684 e. The Morgan fingerprint density at radius 1 is 0.824 bits per heavy atom. The average Bonchev–Trinajstić information content (AvgIpc) is 2.40. The van der Waals surface area contributed by atoms with Crippen molar-refractivity contribution < 1.29 is 5.11 Å².